The number of carbonyl (C=O) groups excluding carboxylic acids is 1. The van der Waals surface area contributed by atoms with E-state index in [0.29, 0.717) is 30.3 Å². The smallest absolute Gasteiger partial charge is 0.407 e. The molecule has 0 fully saturated rings. The third kappa shape index (κ3) is 9.29. The highest BCUT2D eigenvalue weighted by atomic mass is 16.6. The van der Waals surface area contributed by atoms with Crippen molar-refractivity contribution in [3.8, 4) is 0 Å². The van der Waals surface area contributed by atoms with E-state index in [2.05, 4.69) is 45.3 Å². The Labute approximate surface area is 137 Å². The second-order valence-electron chi connectivity index (χ2n) is 7.66. The first-order chi connectivity index (χ1) is 10.1. The Balaban J connectivity index is 4.30. The molecule has 0 aromatic rings. The maximum Gasteiger partial charge on any atom is 0.407 e. The lowest BCUT2D eigenvalue weighted by Crippen LogP contribution is -2.42. The minimum atomic E-state index is -0.445. The van der Waals surface area contributed by atoms with Crippen molar-refractivity contribution in [1.29, 1.82) is 0 Å². The topological polar surface area (TPSA) is 50.4 Å². The molecule has 0 heterocycles. The summed E-state index contributed by atoms with van der Waals surface area (Å²) in [4.78, 5) is 11.8. The van der Waals surface area contributed by atoms with E-state index in [1.807, 2.05) is 20.8 Å². The van der Waals surface area contributed by atoms with Crippen molar-refractivity contribution in [2.75, 3.05) is 13.1 Å². The highest BCUT2D eigenvalue weighted by molar-refractivity contribution is 5.67. The Morgan fingerprint density at radius 2 is 1.55 bits per heavy atom. The normalized spacial score (nSPS) is 15.0. The third-order valence-corrected chi connectivity index (χ3v) is 4.31. The van der Waals surface area contributed by atoms with Crippen molar-refractivity contribution in [3.63, 3.8) is 0 Å². The van der Waals surface area contributed by atoms with Crippen LogP contribution in [0.1, 0.15) is 68.2 Å². The highest BCUT2D eigenvalue weighted by Crippen LogP contribution is 2.15. The average molecular weight is 315 g/mol. The van der Waals surface area contributed by atoms with E-state index >= 15 is 0 Å². The number of amides is 1. The number of alkyl carbamates (subject to hydrolysis) is 1. The van der Waals surface area contributed by atoms with Gasteiger partial charge in [-0.3, -0.25) is 0 Å². The SMILES string of the molecule is CCC(CC)C(C)NCC(CNC(=O)OC(C)(C)C)C(C)C. The Morgan fingerprint density at radius 3 is 1.95 bits per heavy atom. The van der Waals surface area contributed by atoms with Gasteiger partial charge in [-0.1, -0.05) is 40.5 Å². The van der Waals surface area contributed by atoms with Crippen molar-refractivity contribution in [2.24, 2.45) is 17.8 Å². The summed E-state index contributed by atoms with van der Waals surface area (Å²) in [7, 11) is 0. The second-order valence-corrected chi connectivity index (χ2v) is 7.66. The van der Waals surface area contributed by atoms with Gasteiger partial charge in [0, 0.05) is 19.1 Å². The summed E-state index contributed by atoms with van der Waals surface area (Å²) in [5, 5.41) is 6.55. The van der Waals surface area contributed by atoms with E-state index in [1.54, 1.807) is 0 Å². The van der Waals surface area contributed by atoms with E-state index in [0.717, 1.165) is 6.54 Å². The van der Waals surface area contributed by atoms with Crippen LogP contribution in [0.5, 0.6) is 0 Å². The van der Waals surface area contributed by atoms with E-state index < -0.39 is 5.60 Å². The fourth-order valence-electron chi connectivity index (χ4n) is 2.57. The summed E-state index contributed by atoms with van der Waals surface area (Å²) < 4.78 is 5.30. The summed E-state index contributed by atoms with van der Waals surface area (Å²) in [5.74, 6) is 1.63. The monoisotopic (exact) mass is 314 g/mol. The van der Waals surface area contributed by atoms with E-state index in [9.17, 15) is 4.79 Å². The Hall–Kier alpha value is -0.770. The molecule has 0 aromatic carbocycles. The molecule has 2 atom stereocenters. The van der Waals surface area contributed by atoms with Crippen molar-refractivity contribution in [1.82, 2.24) is 10.6 Å². The minimum absolute atomic E-state index is 0.328. The molecule has 1 amide bonds. The summed E-state index contributed by atoms with van der Waals surface area (Å²) >= 11 is 0. The maximum absolute atomic E-state index is 11.8. The molecule has 22 heavy (non-hydrogen) atoms. The summed E-state index contributed by atoms with van der Waals surface area (Å²) in [6.45, 7) is 18.4. The van der Waals surface area contributed by atoms with Crippen molar-refractivity contribution < 1.29 is 9.53 Å². The number of nitrogens with one attached hydrogen (secondary N) is 2. The zero-order chi connectivity index (χ0) is 17.3. The lowest BCUT2D eigenvalue weighted by molar-refractivity contribution is 0.0514. The molecule has 0 spiro atoms. The van der Waals surface area contributed by atoms with Crippen LogP contribution in [0.15, 0.2) is 0 Å². The Kier molecular flexibility index (Phi) is 9.74. The van der Waals surface area contributed by atoms with Crippen LogP contribution in [0, 0.1) is 17.8 Å². The Morgan fingerprint density at radius 1 is 1.00 bits per heavy atom. The number of rotatable bonds is 9. The van der Waals surface area contributed by atoms with Crippen LogP contribution in [-0.2, 0) is 4.74 Å². The molecule has 0 bridgehead atoms. The molecule has 4 heteroatoms. The molecule has 0 radical (unpaired) electrons. The van der Waals surface area contributed by atoms with Crippen LogP contribution >= 0.6 is 0 Å². The molecule has 132 valence electrons. The molecular weight excluding hydrogens is 276 g/mol. The number of hydrogen-bond acceptors (Lipinski definition) is 3. The zero-order valence-electron chi connectivity index (χ0n) is 16.0. The minimum Gasteiger partial charge on any atom is -0.444 e. The van der Waals surface area contributed by atoms with Gasteiger partial charge in [-0.2, -0.15) is 0 Å². The molecule has 2 N–H and O–H groups in total. The lowest BCUT2D eigenvalue weighted by atomic mass is 9.92. The maximum atomic E-state index is 11.8. The Bertz CT molecular complexity index is 307. The number of ether oxygens (including phenoxy) is 1. The molecule has 0 rings (SSSR count). The molecule has 0 aliphatic heterocycles. The summed E-state index contributed by atoms with van der Waals surface area (Å²) in [5.41, 5.74) is -0.445. The second kappa shape index (κ2) is 10.1. The third-order valence-electron chi connectivity index (χ3n) is 4.31. The van der Waals surface area contributed by atoms with Crippen molar-refractivity contribution >= 4 is 6.09 Å². The predicted octanol–water partition coefficient (Wildman–Crippen LogP) is 4.20. The fourth-order valence-corrected chi connectivity index (χ4v) is 2.57. The van der Waals surface area contributed by atoms with Crippen molar-refractivity contribution in [3.05, 3.63) is 0 Å². The number of hydrogen-bond donors (Lipinski definition) is 2. The first-order valence-corrected chi connectivity index (χ1v) is 8.80. The summed E-state index contributed by atoms with van der Waals surface area (Å²) in [6.07, 6.45) is 2.08. The predicted molar refractivity (Wildman–Crippen MR) is 94.1 cm³/mol. The fraction of sp³-hybridized carbons (Fsp3) is 0.944. The average Bonchev–Trinajstić information content (AvgIpc) is 2.37. The molecule has 0 saturated carbocycles. The van der Waals surface area contributed by atoms with Gasteiger partial charge in [-0.15, -0.1) is 0 Å². The molecular formula is C18H38N2O2. The van der Waals surface area contributed by atoms with Gasteiger partial charge in [0.15, 0.2) is 0 Å². The van der Waals surface area contributed by atoms with Gasteiger partial charge in [0.1, 0.15) is 5.60 Å². The van der Waals surface area contributed by atoms with Crippen LogP contribution in [0.4, 0.5) is 4.79 Å². The molecule has 0 saturated heterocycles. The van der Waals surface area contributed by atoms with Crippen molar-refractivity contribution in [2.45, 2.75) is 79.9 Å². The van der Waals surface area contributed by atoms with Gasteiger partial charge in [0.25, 0.3) is 0 Å². The molecule has 2 unspecified atom stereocenters. The summed E-state index contributed by atoms with van der Waals surface area (Å²) in [6, 6.07) is 0.512. The lowest BCUT2D eigenvalue weighted by Gasteiger charge is -2.28. The van der Waals surface area contributed by atoms with Crippen LogP contribution in [-0.4, -0.2) is 30.8 Å². The van der Waals surface area contributed by atoms with Gasteiger partial charge in [0.2, 0.25) is 0 Å². The zero-order valence-corrected chi connectivity index (χ0v) is 16.0. The van der Waals surface area contributed by atoms with Crippen LogP contribution in [0.3, 0.4) is 0 Å². The molecule has 4 nitrogen and oxygen atoms in total. The van der Waals surface area contributed by atoms with E-state index in [-0.39, 0.29) is 6.09 Å². The molecule has 0 aliphatic rings. The first-order valence-electron chi connectivity index (χ1n) is 8.80. The quantitative estimate of drug-likeness (QED) is 0.670. The molecule has 0 aromatic heterocycles. The number of carbonyl (C=O) groups is 1. The van der Waals surface area contributed by atoms with Crippen LogP contribution < -0.4 is 10.6 Å². The standard InChI is InChI=1S/C18H38N2O2/c1-9-15(10-2)14(5)19-11-16(13(3)4)12-20-17(21)22-18(6,7)8/h13-16,19H,9-12H2,1-8H3,(H,20,21). The molecule has 0 aliphatic carbocycles. The highest BCUT2D eigenvalue weighted by Gasteiger charge is 2.20. The van der Waals surface area contributed by atoms with Crippen LogP contribution in [0.25, 0.3) is 0 Å². The van der Waals surface area contributed by atoms with Crippen LogP contribution in [0.2, 0.25) is 0 Å². The van der Waals surface area contributed by atoms with E-state index in [4.69, 9.17) is 4.74 Å². The van der Waals surface area contributed by atoms with Gasteiger partial charge >= 0.3 is 6.09 Å². The van der Waals surface area contributed by atoms with Gasteiger partial charge in [0.05, 0.1) is 0 Å². The first kappa shape index (κ1) is 21.2. The largest absolute Gasteiger partial charge is 0.444 e. The van der Waals surface area contributed by atoms with Gasteiger partial charge < -0.3 is 15.4 Å². The van der Waals surface area contributed by atoms with E-state index in [1.165, 1.54) is 12.8 Å². The van der Waals surface area contributed by atoms with Gasteiger partial charge in [-0.25, -0.2) is 4.79 Å². The van der Waals surface area contributed by atoms with Gasteiger partial charge in [-0.05, 0) is 45.4 Å².